The fraction of sp³-hybridized carbons (Fsp3) is 0.455. The Morgan fingerprint density at radius 1 is 1.28 bits per heavy atom. The van der Waals surface area contributed by atoms with Crippen molar-refractivity contribution < 1.29 is 27.6 Å². The molecule has 7 heteroatoms. The Hall–Kier alpha value is -0.990. The Bertz CT molecular complexity index is 468. The normalized spacial score (nSPS) is 14.4. The highest BCUT2D eigenvalue weighted by Crippen LogP contribution is 2.24. The molecule has 0 spiro atoms. The van der Waals surface area contributed by atoms with Crippen LogP contribution >= 0.6 is 0 Å². The summed E-state index contributed by atoms with van der Waals surface area (Å²) >= 11 is 0. The van der Waals surface area contributed by atoms with E-state index < -0.39 is 28.6 Å². The molecule has 0 aromatic heterocycles. The van der Waals surface area contributed by atoms with Gasteiger partial charge in [-0.3, -0.25) is 4.18 Å². The molecule has 0 bridgehead atoms. The molecule has 0 aliphatic rings. The van der Waals surface area contributed by atoms with Crippen molar-refractivity contribution in [2.24, 2.45) is 0 Å². The fourth-order valence-electron chi connectivity index (χ4n) is 1.40. The Labute approximate surface area is 106 Å². The van der Waals surface area contributed by atoms with Crippen molar-refractivity contribution in [3.8, 4) is 0 Å². The molecule has 1 atom stereocenters. The predicted octanol–water partition coefficient (Wildman–Crippen LogP) is -0.185. The summed E-state index contributed by atoms with van der Waals surface area (Å²) in [5.74, 6) is -2.33. The van der Waals surface area contributed by atoms with Gasteiger partial charge in [0.2, 0.25) is 5.79 Å². The Morgan fingerprint density at radius 3 is 2.28 bits per heavy atom. The lowest BCUT2D eigenvalue weighted by molar-refractivity contribution is -0.247. The molecule has 0 heterocycles. The second-order valence-electron chi connectivity index (χ2n) is 3.81. The van der Waals surface area contributed by atoms with Gasteiger partial charge in [-0.1, -0.05) is 30.3 Å². The second kappa shape index (κ2) is 5.77. The summed E-state index contributed by atoms with van der Waals surface area (Å²) in [6.45, 7) is -0.489. The van der Waals surface area contributed by atoms with E-state index in [1.54, 1.807) is 18.2 Å². The largest absolute Gasteiger partial charge is 0.373 e. The van der Waals surface area contributed by atoms with E-state index in [1.807, 2.05) is 0 Å². The van der Waals surface area contributed by atoms with Crippen LogP contribution in [-0.2, 0) is 24.8 Å². The zero-order valence-electron chi connectivity index (χ0n) is 10.1. The number of aliphatic hydroxyl groups is 2. The lowest BCUT2D eigenvalue weighted by Crippen LogP contribution is -2.44. The van der Waals surface area contributed by atoms with Gasteiger partial charge in [0.15, 0.2) is 0 Å². The molecule has 0 fully saturated rings. The fourth-order valence-corrected chi connectivity index (χ4v) is 1.77. The summed E-state index contributed by atoms with van der Waals surface area (Å²) in [6.07, 6.45) is -0.354. The van der Waals surface area contributed by atoms with Gasteiger partial charge in [-0.05, 0) is 0 Å². The highest BCUT2D eigenvalue weighted by Gasteiger charge is 2.37. The topological polar surface area (TPSA) is 93.1 Å². The van der Waals surface area contributed by atoms with E-state index >= 15 is 0 Å². The van der Waals surface area contributed by atoms with Crippen molar-refractivity contribution in [3.63, 3.8) is 0 Å². The third-order valence-corrected chi connectivity index (χ3v) is 2.93. The van der Waals surface area contributed by atoms with E-state index in [2.05, 4.69) is 4.18 Å². The zero-order valence-corrected chi connectivity index (χ0v) is 10.9. The maximum atomic E-state index is 10.9. The minimum atomic E-state index is -3.67. The van der Waals surface area contributed by atoms with E-state index in [-0.39, 0.29) is 5.56 Å². The van der Waals surface area contributed by atoms with E-state index in [0.717, 1.165) is 6.26 Å². The minimum absolute atomic E-state index is 0.189. The molecule has 1 aromatic carbocycles. The van der Waals surface area contributed by atoms with Gasteiger partial charge < -0.3 is 14.9 Å². The van der Waals surface area contributed by atoms with Gasteiger partial charge in [-0.2, -0.15) is 8.42 Å². The van der Waals surface area contributed by atoms with E-state index in [1.165, 1.54) is 19.2 Å². The molecule has 0 saturated carbocycles. The molecule has 0 amide bonds. The van der Waals surface area contributed by atoms with Crippen LogP contribution in [-0.4, -0.2) is 44.7 Å². The SMILES string of the molecule is COC(COS(C)(=O)=O)C(O)(O)c1ccccc1. The first-order chi connectivity index (χ1) is 8.27. The summed E-state index contributed by atoms with van der Waals surface area (Å²) in [6, 6.07) is 7.95. The van der Waals surface area contributed by atoms with Crippen LogP contribution in [0, 0.1) is 0 Å². The van der Waals surface area contributed by atoms with Gasteiger partial charge in [-0.15, -0.1) is 0 Å². The average Bonchev–Trinajstić information content (AvgIpc) is 2.29. The van der Waals surface area contributed by atoms with E-state index in [9.17, 15) is 18.6 Å². The van der Waals surface area contributed by atoms with Crippen molar-refractivity contribution in [3.05, 3.63) is 35.9 Å². The Balaban J connectivity index is 2.87. The van der Waals surface area contributed by atoms with Crippen LogP contribution in [0.15, 0.2) is 30.3 Å². The third-order valence-electron chi connectivity index (χ3n) is 2.37. The van der Waals surface area contributed by atoms with Gasteiger partial charge in [0, 0.05) is 12.7 Å². The zero-order chi connectivity index (χ0) is 13.8. The summed E-state index contributed by atoms with van der Waals surface area (Å²) < 4.78 is 31.1. The molecule has 1 aromatic rings. The maximum absolute atomic E-state index is 10.9. The first-order valence-electron chi connectivity index (χ1n) is 5.15. The molecular formula is C11H16O6S. The molecule has 1 unspecified atom stereocenters. The van der Waals surface area contributed by atoms with Gasteiger partial charge in [-0.25, -0.2) is 0 Å². The molecule has 0 saturated heterocycles. The first-order valence-corrected chi connectivity index (χ1v) is 6.96. The standard InChI is InChI=1S/C11H16O6S/c1-16-10(8-17-18(2,14)15)11(12,13)9-6-4-3-5-7-9/h3-7,10,12-13H,8H2,1-2H3. The molecule has 1 rings (SSSR count). The van der Waals surface area contributed by atoms with Gasteiger partial charge in [0.05, 0.1) is 12.9 Å². The van der Waals surface area contributed by atoms with Crippen LogP contribution in [0.2, 0.25) is 0 Å². The maximum Gasteiger partial charge on any atom is 0.264 e. The molecule has 0 radical (unpaired) electrons. The molecular weight excluding hydrogens is 260 g/mol. The van der Waals surface area contributed by atoms with Crippen molar-refractivity contribution in [2.45, 2.75) is 11.9 Å². The summed E-state index contributed by atoms with van der Waals surface area (Å²) in [5.41, 5.74) is 0.189. The highest BCUT2D eigenvalue weighted by atomic mass is 32.2. The number of rotatable bonds is 6. The lowest BCUT2D eigenvalue weighted by Gasteiger charge is -2.29. The first kappa shape index (κ1) is 15.1. The molecule has 2 N–H and O–H groups in total. The predicted molar refractivity (Wildman–Crippen MR) is 64.2 cm³/mol. The van der Waals surface area contributed by atoms with Crippen LogP contribution in [0.5, 0.6) is 0 Å². The third kappa shape index (κ3) is 4.04. The van der Waals surface area contributed by atoms with Crippen molar-refractivity contribution in [2.75, 3.05) is 20.0 Å². The van der Waals surface area contributed by atoms with Crippen LogP contribution in [0.3, 0.4) is 0 Å². The van der Waals surface area contributed by atoms with E-state index in [4.69, 9.17) is 4.74 Å². The number of ether oxygens (including phenoxy) is 1. The van der Waals surface area contributed by atoms with Crippen molar-refractivity contribution >= 4 is 10.1 Å². The Morgan fingerprint density at radius 2 is 1.83 bits per heavy atom. The molecule has 18 heavy (non-hydrogen) atoms. The highest BCUT2D eigenvalue weighted by molar-refractivity contribution is 7.85. The molecule has 6 nitrogen and oxygen atoms in total. The number of hydrogen-bond acceptors (Lipinski definition) is 6. The number of hydrogen-bond donors (Lipinski definition) is 2. The number of methoxy groups -OCH3 is 1. The van der Waals surface area contributed by atoms with Crippen LogP contribution in [0.4, 0.5) is 0 Å². The monoisotopic (exact) mass is 276 g/mol. The van der Waals surface area contributed by atoms with Crippen LogP contribution < -0.4 is 0 Å². The molecule has 0 aliphatic carbocycles. The lowest BCUT2D eigenvalue weighted by atomic mass is 10.0. The average molecular weight is 276 g/mol. The van der Waals surface area contributed by atoms with Gasteiger partial charge in [0.25, 0.3) is 10.1 Å². The van der Waals surface area contributed by atoms with Crippen LogP contribution in [0.1, 0.15) is 5.56 Å². The molecule has 102 valence electrons. The number of benzene rings is 1. The summed E-state index contributed by atoms with van der Waals surface area (Å²) in [7, 11) is -2.44. The van der Waals surface area contributed by atoms with Gasteiger partial charge in [0.1, 0.15) is 6.10 Å². The smallest absolute Gasteiger partial charge is 0.264 e. The van der Waals surface area contributed by atoms with Crippen LogP contribution in [0.25, 0.3) is 0 Å². The summed E-state index contributed by atoms with van der Waals surface area (Å²) in [5, 5.41) is 20.0. The van der Waals surface area contributed by atoms with Crippen molar-refractivity contribution in [1.82, 2.24) is 0 Å². The summed E-state index contributed by atoms with van der Waals surface area (Å²) in [4.78, 5) is 0. The second-order valence-corrected chi connectivity index (χ2v) is 5.45. The minimum Gasteiger partial charge on any atom is -0.373 e. The van der Waals surface area contributed by atoms with Crippen molar-refractivity contribution in [1.29, 1.82) is 0 Å². The quantitative estimate of drug-likeness (QED) is 0.553. The van der Waals surface area contributed by atoms with E-state index in [0.29, 0.717) is 0 Å². The Kier molecular flexibility index (Phi) is 4.83. The van der Waals surface area contributed by atoms with Gasteiger partial charge >= 0.3 is 0 Å². The molecule has 0 aliphatic heterocycles.